The molecule has 0 aliphatic rings. The van der Waals surface area contributed by atoms with Gasteiger partial charge < -0.3 is 16.4 Å². The number of primary amides is 1. The molecule has 4 N–H and O–H groups in total. The third-order valence-electron chi connectivity index (χ3n) is 3.12. The largest absolute Gasteiger partial charge is 0.366 e. The van der Waals surface area contributed by atoms with Crippen molar-refractivity contribution in [3.05, 3.63) is 51.9 Å². The average molecular weight is 338 g/mol. The molecule has 1 aromatic heterocycles. The first-order valence-corrected chi connectivity index (χ1v) is 7.89. The highest BCUT2D eigenvalue weighted by atomic mass is 35.5. The van der Waals surface area contributed by atoms with Crippen molar-refractivity contribution in [3.63, 3.8) is 0 Å². The average Bonchev–Trinajstić information content (AvgIpc) is 2.94. The standard InChI is InChI=1S/C15H16ClN3O2S/c1-9(10-2-4-11(16)5-3-10)18-8-13(20)19-15-12(14(17)21)6-7-22-15/h2-7,9,18H,8H2,1H3,(H2,17,21)(H,19,20)/t9-/m0/s1. The summed E-state index contributed by atoms with van der Waals surface area (Å²) in [6.45, 7) is 2.08. The third kappa shape index (κ3) is 4.30. The van der Waals surface area contributed by atoms with Crippen LogP contribution < -0.4 is 16.4 Å². The first-order valence-electron chi connectivity index (χ1n) is 6.63. The molecule has 1 atom stereocenters. The second kappa shape index (κ2) is 7.40. The molecule has 0 saturated carbocycles. The lowest BCUT2D eigenvalue weighted by atomic mass is 10.1. The molecule has 2 rings (SSSR count). The zero-order chi connectivity index (χ0) is 16.1. The van der Waals surface area contributed by atoms with Gasteiger partial charge in [0, 0.05) is 11.1 Å². The summed E-state index contributed by atoms with van der Waals surface area (Å²) in [5, 5.41) is 8.65. The zero-order valence-corrected chi connectivity index (χ0v) is 13.5. The fraction of sp³-hybridized carbons (Fsp3) is 0.200. The Morgan fingerprint density at radius 3 is 2.59 bits per heavy atom. The minimum absolute atomic E-state index is 0.00182. The summed E-state index contributed by atoms with van der Waals surface area (Å²) in [6.07, 6.45) is 0. The molecule has 0 aliphatic heterocycles. The van der Waals surface area contributed by atoms with Crippen molar-refractivity contribution in [2.24, 2.45) is 5.73 Å². The monoisotopic (exact) mass is 337 g/mol. The van der Waals surface area contributed by atoms with Gasteiger partial charge in [-0.05, 0) is 36.1 Å². The van der Waals surface area contributed by atoms with E-state index in [4.69, 9.17) is 17.3 Å². The van der Waals surface area contributed by atoms with Gasteiger partial charge in [-0.2, -0.15) is 0 Å². The van der Waals surface area contributed by atoms with Gasteiger partial charge in [-0.25, -0.2) is 0 Å². The van der Waals surface area contributed by atoms with Crippen LogP contribution in [0.5, 0.6) is 0 Å². The Hall–Kier alpha value is -1.89. The minimum Gasteiger partial charge on any atom is -0.366 e. The van der Waals surface area contributed by atoms with Crippen molar-refractivity contribution in [1.29, 1.82) is 0 Å². The number of nitrogens with two attached hydrogens (primary N) is 1. The van der Waals surface area contributed by atoms with E-state index in [2.05, 4.69) is 10.6 Å². The van der Waals surface area contributed by atoms with Gasteiger partial charge in [0.25, 0.3) is 5.91 Å². The molecular weight excluding hydrogens is 322 g/mol. The lowest BCUT2D eigenvalue weighted by molar-refractivity contribution is -0.115. The van der Waals surface area contributed by atoms with Gasteiger partial charge >= 0.3 is 0 Å². The molecule has 0 unspecified atom stereocenters. The molecular formula is C15H16ClN3O2S. The van der Waals surface area contributed by atoms with Crippen LogP contribution >= 0.6 is 22.9 Å². The first-order chi connectivity index (χ1) is 10.5. The van der Waals surface area contributed by atoms with Gasteiger partial charge in [0.15, 0.2) is 0 Å². The predicted molar refractivity (Wildman–Crippen MR) is 89.3 cm³/mol. The number of thiophene rings is 1. The topological polar surface area (TPSA) is 84.2 Å². The number of carbonyl (C=O) groups is 2. The Morgan fingerprint density at radius 1 is 1.27 bits per heavy atom. The predicted octanol–water partition coefficient (Wildman–Crippen LogP) is 2.79. The quantitative estimate of drug-likeness (QED) is 0.757. The number of anilines is 1. The van der Waals surface area contributed by atoms with Gasteiger partial charge in [0.05, 0.1) is 12.1 Å². The highest BCUT2D eigenvalue weighted by Gasteiger charge is 2.13. The van der Waals surface area contributed by atoms with Gasteiger partial charge in [0.2, 0.25) is 5.91 Å². The SMILES string of the molecule is C[C@H](NCC(=O)Nc1sccc1C(N)=O)c1ccc(Cl)cc1. The fourth-order valence-electron chi connectivity index (χ4n) is 1.89. The maximum Gasteiger partial charge on any atom is 0.251 e. The van der Waals surface area contributed by atoms with E-state index in [9.17, 15) is 9.59 Å². The van der Waals surface area contributed by atoms with E-state index in [0.29, 0.717) is 15.6 Å². The van der Waals surface area contributed by atoms with Crippen LogP contribution in [0.25, 0.3) is 0 Å². The van der Waals surface area contributed by atoms with Crippen molar-refractivity contribution in [2.45, 2.75) is 13.0 Å². The molecule has 0 aliphatic carbocycles. The summed E-state index contributed by atoms with van der Waals surface area (Å²) in [4.78, 5) is 23.1. The van der Waals surface area contributed by atoms with E-state index in [1.54, 1.807) is 23.6 Å². The van der Waals surface area contributed by atoms with Crippen LogP contribution in [0, 0.1) is 0 Å². The number of rotatable bonds is 6. The number of halogens is 1. The molecule has 5 nitrogen and oxygen atoms in total. The summed E-state index contributed by atoms with van der Waals surface area (Å²) < 4.78 is 0. The Balaban J connectivity index is 1.88. The van der Waals surface area contributed by atoms with Crippen LogP contribution in [0.4, 0.5) is 5.00 Å². The van der Waals surface area contributed by atoms with Crippen LogP contribution in [0.15, 0.2) is 35.7 Å². The molecule has 0 saturated heterocycles. The van der Waals surface area contributed by atoms with Gasteiger partial charge in [-0.1, -0.05) is 23.7 Å². The number of carbonyl (C=O) groups excluding carboxylic acids is 2. The van der Waals surface area contributed by atoms with Crippen LogP contribution in [0.2, 0.25) is 5.02 Å². The fourth-order valence-corrected chi connectivity index (χ4v) is 2.82. The molecule has 7 heteroatoms. The third-order valence-corrected chi connectivity index (χ3v) is 4.20. The Kier molecular flexibility index (Phi) is 5.54. The van der Waals surface area contributed by atoms with Gasteiger partial charge in [-0.15, -0.1) is 11.3 Å². The number of nitrogens with one attached hydrogen (secondary N) is 2. The van der Waals surface area contributed by atoms with Crippen molar-refractivity contribution in [2.75, 3.05) is 11.9 Å². The van der Waals surface area contributed by atoms with E-state index in [-0.39, 0.29) is 18.5 Å². The molecule has 116 valence electrons. The second-order valence-electron chi connectivity index (χ2n) is 4.73. The number of benzene rings is 1. The van der Waals surface area contributed by atoms with Gasteiger partial charge in [0.1, 0.15) is 5.00 Å². The first kappa shape index (κ1) is 16.5. The van der Waals surface area contributed by atoms with Gasteiger partial charge in [-0.3, -0.25) is 9.59 Å². The summed E-state index contributed by atoms with van der Waals surface area (Å²) in [7, 11) is 0. The maximum atomic E-state index is 11.9. The zero-order valence-electron chi connectivity index (χ0n) is 11.9. The van der Waals surface area contributed by atoms with Crippen LogP contribution in [0.3, 0.4) is 0 Å². The summed E-state index contributed by atoms with van der Waals surface area (Å²) in [5.74, 6) is -0.787. The number of amides is 2. The summed E-state index contributed by atoms with van der Waals surface area (Å²) >= 11 is 7.11. The Labute approximate surface area is 137 Å². The number of hydrogen-bond acceptors (Lipinski definition) is 4. The van der Waals surface area contributed by atoms with E-state index in [0.717, 1.165) is 5.56 Å². The van der Waals surface area contributed by atoms with Crippen LogP contribution in [0.1, 0.15) is 28.9 Å². The molecule has 22 heavy (non-hydrogen) atoms. The van der Waals surface area contributed by atoms with E-state index < -0.39 is 5.91 Å². The Bertz CT molecular complexity index is 670. The maximum absolute atomic E-state index is 11.9. The Morgan fingerprint density at radius 2 is 1.95 bits per heavy atom. The summed E-state index contributed by atoms with van der Waals surface area (Å²) in [5.41, 5.74) is 6.59. The lowest BCUT2D eigenvalue weighted by Gasteiger charge is -2.14. The molecule has 2 aromatic rings. The summed E-state index contributed by atoms with van der Waals surface area (Å²) in [6, 6.07) is 9.01. The smallest absolute Gasteiger partial charge is 0.251 e. The van der Waals surface area contributed by atoms with Crippen molar-refractivity contribution >= 4 is 39.8 Å². The lowest BCUT2D eigenvalue weighted by Crippen LogP contribution is -2.30. The highest BCUT2D eigenvalue weighted by Crippen LogP contribution is 2.22. The molecule has 0 bridgehead atoms. The van der Waals surface area contributed by atoms with E-state index in [1.807, 2.05) is 19.1 Å². The number of hydrogen-bond donors (Lipinski definition) is 3. The van der Waals surface area contributed by atoms with Crippen molar-refractivity contribution in [3.8, 4) is 0 Å². The molecule has 1 heterocycles. The minimum atomic E-state index is -0.556. The van der Waals surface area contributed by atoms with Crippen molar-refractivity contribution in [1.82, 2.24) is 5.32 Å². The van der Waals surface area contributed by atoms with E-state index in [1.165, 1.54) is 11.3 Å². The molecule has 2 amide bonds. The molecule has 0 fully saturated rings. The van der Waals surface area contributed by atoms with Crippen LogP contribution in [-0.4, -0.2) is 18.4 Å². The van der Waals surface area contributed by atoms with Crippen LogP contribution in [-0.2, 0) is 4.79 Å². The second-order valence-corrected chi connectivity index (χ2v) is 6.08. The molecule has 0 spiro atoms. The van der Waals surface area contributed by atoms with Crippen molar-refractivity contribution < 1.29 is 9.59 Å². The highest BCUT2D eigenvalue weighted by molar-refractivity contribution is 7.14. The van der Waals surface area contributed by atoms with E-state index >= 15 is 0 Å². The molecule has 0 radical (unpaired) electrons. The normalized spacial score (nSPS) is 11.9. The molecule has 1 aromatic carbocycles.